The van der Waals surface area contributed by atoms with E-state index in [1.165, 1.54) is 25.1 Å². The highest BCUT2D eigenvalue weighted by atomic mass is 32.1. The van der Waals surface area contributed by atoms with Gasteiger partial charge in [0.25, 0.3) is 5.56 Å². The van der Waals surface area contributed by atoms with Gasteiger partial charge in [-0.1, -0.05) is 6.07 Å². The average molecular weight is 496 g/mol. The lowest BCUT2D eigenvalue weighted by atomic mass is 9.90. The fourth-order valence-electron chi connectivity index (χ4n) is 5.04. The molecule has 0 bridgehead atoms. The second-order valence-corrected chi connectivity index (χ2v) is 9.77. The van der Waals surface area contributed by atoms with Gasteiger partial charge in [0.15, 0.2) is 22.7 Å². The molecule has 1 unspecified atom stereocenters. The minimum Gasteiger partial charge on any atom is -0.493 e. The van der Waals surface area contributed by atoms with Gasteiger partial charge in [-0.3, -0.25) is 18.8 Å². The molecule has 4 aromatic rings. The summed E-state index contributed by atoms with van der Waals surface area (Å²) < 4.78 is 15.6. The number of fused-ring (bicyclic) bond motifs is 2. The molecule has 0 radical (unpaired) electrons. The van der Waals surface area contributed by atoms with E-state index in [1.807, 2.05) is 0 Å². The van der Waals surface area contributed by atoms with Gasteiger partial charge in [0, 0.05) is 38.6 Å². The first-order chi connectivity index (χ1) is 16.9. The Hall–Kier alpha value is -3.37. The summed E-state index contributed by atoms with van der Waals surface area (Å²) in [6.45, 7) is 1.97. The van der Waals surface area contributed by atoms with E-state index in [1.54, 1.807) is 50.5 Å². The van der Waals surface area contributed by atoms with Gasteiger partial charge in [-0.05, 0) is 47.5 Å². The van der Waals surface area contributed by atoms with Gasteiger partial charge >= 0.3 is 5.69 Å². The quantitative estimate of drug-likeness (QED) is 0.392. The number of aryl methyl sites for hydroxylation is 2. The Morgan fingerprint density at radius 3 is 2.60 bits per heavy atom. The zero-order valence-electron chi connectivity index (χ0n) is 20.4. The molecule has 4 heterocycles. The summed E-state index contributed by atoms with van der Waals surface area (Å²) >= 11 is 1.73. The summed E-state index contributed by atoms with van der Waals surface area (Å²) in [4.78, 5) is 33.8. The number of imidazole rings is 1. The third-order valence-corrected chi connectivity index (χ3v) is 7.74. The first kappa shape index (κ1) is 23.4. The van der Waals surface area contributed by atoms with Gasteiger partial charge < -0.3 is 14.0 Å². The molecule has 1 atom stereocenters. The van der Waals surface area contributed by atoms with Gasteiger partial charge in [-0.2, -0.15) is 0 Å². The van der Waals surface area contributed by atoms with Crippen LogP contribution < -0.4 is 20.7 Å². The molecule has 1 aliphatic heterocycles. The number of hydrogen-bond acceptors (Lipinski definition) is 7. The molecule has 0 spiro atoms. The lowest BCUT2D eigenvalue weighted by Crippen LogP contribution is -2.41. The van der Waals surface area contributed by atoms with Crippen LogP contribution in [0.1, 0.15) is 28.5 Å². The Labute approximate surface area is 206 Å². The van der Waals surface area contributed by atoms with Crippen molar-refractivity contribution in [2.45, 2.75) is 25.4 Å². The van der Waals surface area contributed by atoms with E-state index in [4.69, 9.17) is 9.47 Å². The van der Waals surface area contributed by atoms with Crippen LogP contribution in [-0.4, -0.2) is 50.9 Å². The molecule has 10 heteroatoms. The fourth-order valence-corrected chi connectivity index (χ4v) is 5.92. The monoisotopic (exact) mass is 495 g/mol. The Bertz CT molecular complexity index is 1480. The Morgan fingerprint density at radius 2 is 1.89 bits per heavy atom. The molecule has 0 saturated carbocycles. The number of ether oxygens (including phenoxy) is 2. The number of methoxy groups -OCH3 is 2. The third-order valence-electron chi connectivity index (χ3n) is 6.81. The zero-order valence-corrected chi connectivity index (χ0v) is 21.2. The van der Waals surface area contributed by atoms with Gasteiger partial charge in [-0.15, -0.1) is 11.3 Å². The highest BCUT2D eigenvalue weighted by Gasteiger charge is 2.31. The number of rotatable bonds is 7. The normalized spacial score (nSPS) is 15.9. The summed E-state index contributed by atoms with van der Waals surface area (Å²) in [5.41, 5.74) is 2.69. The van der Waals surface area contributed by atoms with Crippen molar-refractivity contribution in [3.05, 3.63) is 72.8 Å². The maximum atomic E-state index is 13.1. The van der Waals surface area contributed by atoms with E-state index in [0.717, 1.165) is 25.3 Å². The number of aromatic nitrogens is 4. The van der Waals surface area contributed by atoms with Crippen LogP contribution in [-0.2, 0) is 27.1 Å². The predicted molar refractivity (Wildman–Crippen MR) is 136 cm³/mol. The summed E-state index contributed by atoms with van der Waals surface area (Å²) in [6, 6.07) is 8.47. The van der Waals surface area contributed by atoms with E-state index in [-0.39, 0.29) is 17.3 Å². The van der Waals surface area contributed by atoms with Crippen LogP contribution in [0.25, 0.3) is 11.2 Å². The van der Waals surface area contributed by atoms with Crippen molar-refractivity contribution in [3.8, 4) is 11.5 Å². The summed E-state index contributed by atoms with van der Waals surface area (Å²) in [7, 11) is 6.74. The Morgan fingerprint density at radius 1 is 1.11 bits per heavy atom. The van der Waals surface area contributed by atoms with E-state index in [9.17, 15) is 9.59 Å². The molecule has 0 fully saturated rings. The second-order valence-electron chi connectivity index (χ2n) is 8.79. The predicted octanol–water partition coefficient (Wildman–Crippen LogP) is 2.55. The molecule has 1 aliphatic rings. The summed E-state index contributed by atoms with van der Waals surface area (Å²) in [6.07, 6.45) is 3.12. The number of nitrogens with zero attached hydrogens (tertiary/aromatic N) is 5. The maximum Gasteiger partial charge on any atom is 0.332 e. The van der Waals surface area contributed by atoms with Crippen molar-refractivity contribution in [2.24, 2.45) is 14.1 Å². The summed E-state index contributed by atoms with van der Waals surface area (Å²) in [5, 5.41) is 2.09. The highest BCUT2D eigenvalue weighted by Crippen LogP contribution is 2.42. The van der Waals surface area contributed by atoms with E-state index in [0.29, 0.717) is 29.9 Å². The van der Waals surface area contributed by atoms with Crippen LogP contribution in [0.4, 0.5) is 0 Å². The molecule has 9 nitrogen and oxygen atoms in total. The minimum atomic E-state index is -0.336. The molecule has 184 valence electrons. The molecule has 0 N–H and O–H groups in total. The zero-order chi connectivity index (χ0) is 24.7. The van der Waals surface area contributed by atoms with Crippen LogP contribution >= 0.6 is 11.3 Å². The van der Waals surface area contributed by atoms with Crippen LogP contribution in [0.5, 0.6) is 11.5 Å². The van der Waals surface area contributed by atoms with Crippen LogP contribution in [0.2, 0.25) is 0 Å². The standard InChI is InChI=1S/C25H29N5O4S/c1-27-15-26-23-22(27)24(31)30(25(32)28(23)2)10-6-9-29-11-8-16-13-18(33-3)19(34-4)14-17(16)21(29)20-7-5-12-35-20/h5,7,12-15,21H,6,8-11H2,1-4H3. The van der Waals surface area contributed by atoms with Gasteiger partial charge in [0.05, 0.1) is 26.6 Å². The topological polar surface area (TPSA) is 83.5 Å². The molecule has 1 aromatic carbocycles. The van der Waals surface area contributed by atoms with Crippen molar-refractivity contribution in [3.63, 3.8) is 0 Å². The van der Waals surface area contributed by atoms with E-state index in [2.05, 4.69) is 39.5 Å². The smallest absolute Gasteiger partial charge is 0.332 e. The van der Waals surface area contributed by atoms with E-state index >= 15 is 0 Å². The maximum absolute atomic E-state index is 13.1. The van der Waals surface area contributed by atoms with Crippen molar-refractivity contribution < 1.29 is 9.47 Å². The van der Waals surface area contributed by atoms with Crippen molar-refractivity contribution in [1.29, 1.82) is 0 Å². The number of benzene rings is 1. The van der Waals surface area contributed by atoms with Gasteiger partial charge in [0.2, 0.25) is 0 Å². The third kappa shape index (κ3) is 3.96. The first-order valence-electron chi connectivity index (χ1n) is 11.6. The largest absolute Gasteiger partial charge is 0.493 e. The van der Waals surface area contributed by atoms with Crippen LogP contribution in [0.3, 0.4) is 0 Å². The molecule has 0 aliphatic carbocycles. The number of thiophene rings is 1. The highest BCUT2D eigenvalue weighted by molar-refractivity contribution is 7.10. The summed E-state index contributed by atoms with van der Waals surface area (Å²) in [5.74, 6) is 1.46. The molecule has 5 rings (SSSR count). The van der Waals surface area contributed by atoms with Crippen molar-refractivity contribution in [2.75, 3.05) is 27.3 Å². The lowest BCUT2D eigenvalue weighted by Gasteiger charge is -2.37. The molecule has 35 heavy (non-hydrogen) atoms. The van der Waals surface area contributed by atoms with E-state index < -0.39 is 0 Å². The van der Waals surface area contributed by atoms with Crippen LogP contribution in [0.15, 0.2) is 45.6 Å². The lowest BCUT2D eigenvalue weighted by molar-refractivity contribution is 0.208. The van der Waals surface area contributed by atoms with Crippen LogP contribution in [0, 0.1) is 0 Å². The van der Waals surface area contributed by atoms with Crippen molar-refractivity contribution >= 4 is 22.5 Å². The first-order valence-corrected chi connectivity index (χ1v) is 12.5. The van der Waals surface area contributed by atoms with Gasteiger partial charge in [0.1, 0.15) is 0 Å². The Kier molecular flexibility index (Phi) is 6.24. The molecule has 3 aromatic heterocycles. The molecule has 0 saturated heterocycles. The number of hydrogen-bond donors (Lipinski definition) is 0. The fraction of sp³-hybridized carbons (Fsp3) is 0.400. The Balaban J connectivity index is 1.44. The molecular weight excluding hydrogens is 466 g/mol. The van der Waals surface area contributed by atoms with Crippen molar-refractivity contribution in [1.82, 2.24) is 23.6 Å². The average Bonchev–Trinajstić information content (AvgIpc) is 3.53. The molecule has 0 amide bonds. The second kappa shape index (κ2) is 9.35. The SMILES string of the molecule is COc1cc2c(cc1OC)C(c1cccs1)N(CCCn1c(=O)c3c(ncn3C)n(C)c1=O)CC2. The molecular formula is C25H29N5O4S. The minimum absolute atomic E-state index is 0.0812. The van der Waals surface area contributed by atoms with Gasteiger partial charge in [-0.25, -0.2) is 9.78 Å².